The Bertz CT molecular complexity index is 523. The third-order valence-corrected chi connectivity index (χ3v) is 4.10. The molecule has 2 rings (SSSR count). The molecule has 1 aliphatic heterocycles. The van der Waals surface area contributed by atoms with Gasteiger partial charge in [0.2, 0.25) is 0 Å². The van der Waals surface area contributed by atoms with Crippen molar-refractivity contribution in [2.45, 2.75) is 23.4 Å². The number of halogens is 1. The Labute approximate surface area is 124 Å². The van der Waals surface area contributed by atoms with Crippen LogP contribution in [-0.2, 0) is 16.1 Å². The maximum Gasteiger partial charge on any atom is 0.297 e. The van der Waals surface area contributed by atoms with Crippen LogP contribution >= 0.6 is 0 Å². The first-order chi connectivity index (χ1) is 9.91. The molecule has 1 aliphatic rings. The Balaban J connectivity index is 2.13. The number of rotatable bonds is 5. The number of nitro benzene ring substituents is 1. The highest BCUT2D eigenvalue weighted by Crippen LogP contribution is 2.30. The van der Waals surface area contributed by atoms with Crippen LogP contribution in [0.3, 0.4) is 0 Å². The van der Waals surface area contributed by atoms with Gasteiger partial charge in [0.05, 0.1) is 22.4 Å². The molecule has 0 saturated carbocycles. The Morgan fingerprint density at radius 1 is 1.48 bits per heavy atom. The molecule has 1 saturated heterocycles. The predicted molar refractivity (Wildman–Crippen MR) is 76.1 cm³/mol. The summed E-state index contributed by atoms with van der Waals surface area (Å²) < 4.78 is 30.7. The van der Waals surface area contributed by atoms with Crippen LogP contribution in [0.1, 0.15) is 12.8 Å². The largest absolute Gasteiger partial charge is 0.593 e. The van der Waals surface area contributed by atoms with Gasteiger partial charge in [-0.25, -0.2) is 4.39 Å². The van der Waals surface area contributed by atoms with Crippen LogP contribution in [0.4, 0.5) is 15.8 Å². The molecule has 1 atom stereocenters. The number of nitro groups is 1. The normalized spacial score (nSPS) is 19.0. The number of nitrogens with zero attached hydrogens (tertiary/aromatic N) is 1. The Morgan fingerprint density at radius 2 is 2.14 bits per heavy atom. The Kier molecular flexibility index (Phi) is 4.99. The number of alkyl halides is 1. The molecule has 0 bridgehead atoms. The molecule has 1 aromatic carbocycles. The van der Waals surface area contributed by atoms with Gasteiger partial charge in [-0.05, 0) is 12.1 Å². The number of hydrogen-bond donors (Lipinski definition) is 2. The third-order valence-electron chi connectivity index (χ3n) is 3.38. The number of benzene rings is 1. The second kappa shape index (κ2) is 6.56. The first-order valence-electron chi connectivity index (χ1n) is 6.36. The van der Waals surface area contributed by atoms with Crippen LogP contribution in [-0.4, -0.2) is 34.9 Å². The van der Waals surface area contributed by atoms with Gasteiger partial charge in [0.1, 0.15) is 11.4 Å². The molecule has 0 aliphatic carbocycles. The molecule has 1 aromatic rings. The number of nitrogens with one attached hydrogen (secondary N) is 1. The lowest BCUT2D eigenvalue weighted by Gasteiger charge is -2.29. The van der Waals surface area contributed by atoms with Gasteiger partial charge in [0.25, 0.3) is 5.69 Å². The molecule has 116 valence electrons. The molecule has 0 radical (unpaired) electrons. The number of ether oxygens (including phenoxy) is 1. The standard InChI is InChI=1S/C12H16FN3O4S/c13-12(3-5-20-6-4-12)8-15-10-2-1-9(21(14)19)7-11(10)16(17)18/h1-2,7,15H,3-6,8,14H2. The zero-order chi connectivity index (χ0) is 15.5. The van der Waals surface area contributed by atoms with E-state index in [-0.39, 0.29) is 35.7 Å². The summed E-state index contributed by atoms with van der Waals surface area (Å²) in [4.78, 5) is 10.6. The van der Waals surface area contributed by atoms with Crippen LogP contribution in [0.25, 0.3) is 0 Å². The van der Waals surface area contributed by atoms with Crippen LogP contribution in [0.2, 0.25) is 0 Å². The molecule has 1 fully saturated rings. The molecule has 1 heterocycles. The van der Waals surface area contributed by atoms with E-state index in [1.165, 1.54) is 12.1 Å². The minimum atomic E-state index is -1.80. The van der Waals surface area contributed by atoms with E-state index >= 15 is 0 Å². The van der Waals surface area contributed by atoms with Crippen molar-refractivity contribution in [3.8, 4) is 0 Å². The second-order valence-electron chi connectivity index (χ2n) is 4.85. The van der Waals surface area contributed by atoms with Crippen molar-refractivity contribution < 1.29 is 18.6 Å². The van der Waals surface area contributed by atoms with Gasteiger partial charge in [-0.1, -0.05) is 0 Å². The number of hydrogen-bond acceptors (Lipinski definition) is 6. The number of anilines is 1. The minimum Gasteiger partial charge on any atom is -0.593 e. The van der Waals surface area contributed by atoms with Gasteiger partial charge in [-0.2, -0.15) is 0 Å². The first kappa shape index (κ1) is 16.0. The van der Waals surface area contributed by atoms with Gasteiger partial charge in [-0.15, -0.1) is 5.14 Å². The molecule has 7 nitrogen and oxygen atoms in total. The zero-order valence-corrected chi connectivity index (χ0v) is 12.0. The van der Waals surface area contributed by atoms with Crippen LogP contribution in [0, 0.1) is 10.1 Å². The van der Waals surface area contributed by atoms with Crippen molar-refractivity contribution >= 4 is 22.7 Å². The molecule has 1 unspecified atom stereocenters. The highest BCUT2D eigenvalue weighted by molar-refractivity contribution is 7.89. The fraction of sp³-hybridized carbons (Fsp3) is 0.500. The Hall–Kier alpha value is -1.42. The van der Waals surface area contributed by atoms with E-state index in [2.05, 4.69) is 5.32 Å². The first-order valence-corrected chi connectivity index (χ1v) is 7.58. The topological polar surface area (TPSA) is 113 Å². The van der Waals surface area contributed by atoms with E-state index in [0.717, 1.165) is 6.07 Å². The fourth-order valence-corrected chi connectivity index (χ4v) is 2.53. The summed E-state index contributed by atoms with van der Waals surface area (Å²) in [6.45, 7) is 0.638. The van der Waals surface area contributed by atoms with E-state index in [4.69, 9.17) is 9.88 Å². The average Bonchev–Trinajstić information content (AvgIpc) is 2.45. The maximum atomic E-state index is 14.4. The van der Waals surface area contributed by atoms with E-state index in [0.29, 0.717) is 13.2 Å². The van der Waals surface area contributed by atoms with Crippen LogP contribution in [0.5, 0.6) is 0 Å². The predicted octanol–water partition coefficient (Wildman–Crippen LogP) is 1.51. The molecule has 0 aromatic heterocycles. The molecule has 9 heteroatoms. The van der Waals surface area contributed by atoms with E-state index in [1.807, 2.05) is 0 Å². The lowest BCUT2D eigenvalue weighted by molar-refractivity contribution is -0.384. The van der Waals surface area contributed by atoms with Crippen molar-refractivity contribution in [1.29, 1.82) is 0 Å². The van der Waals surface area contributed by atoms with Crippen molar-refractivity contribution in [1.82, 2.24) is 0 Å². The average molecular weight is 317 g/mol. The number of nitrogens with two attached hydrogens (primary N) is 1. The van der Waals surface area contributed by atoms with E-state index < -0.39 is 22.0 Å². The molecule has 0 spiro atoms. The second-order valence-corrected chi connectivity index (χ2v) is 5.92. The fourth-order valence-electron chi connectivity index (χ4n) is 2.10. The van der Waals surface area contributed by atoms with Crippen molar-refractivity contribution in [3.05, 3.63) is 28.3 Å². The van der Waals surface area contributed by atoms with Crippen LogP contribution < -0.4 is 10.5 Å². The third kappa shape index (κ3) is 4.03. The zero-order valence-electron chi connectivity index (χ0n) is 11.2. The molecule has 3 N–H and O–H groups in total. The summed E-state index contributed by atoms with van der Waals surface area (Å²) >= 11 is -1.80. The van der Waals surface area contributed by atoms with Gasteiger partial charge < -0.3 is 14.6 Å². The summed E-state index contributed by atoms with van der Waals surface area (Å²) in [5, 5.41) is 19.0. The minimum absolute atomic E-state index is 0.0394. The molecular weight excluding hydrogens is 301 g/mol. The van der Waals surface area contributed by atoms with Crippen LogP contribution in [0.15, 0.2) is 23.1 Å². The van der Waals surface area contributed by atoms with E-state index in [9.17, 15) is 19.1 Å². The highest BCUT2D eigenvalue weighted by Gasteiger charge is 2.32. The van der Waals surface area contributed by atoms with Crippen molar-refractivity contribution in [2.75, 3.05) is 25.1 Å². The summed E-state index contributed by atoms with van der Waals surface area (Å²) in [6, 6.07) is 3.94. The van der Waals surface area contributed by atoms with Gasteiger partial charge in [-0.3, -0.25) is 10.1 Å². The lowest BCUT2D eigenvalue weighted by Crippen LogP contribution is -2.38. The Morgan fingerprint density at radius 3 is 2.71 bits per heavy atom. The van der Waals surface area contributed by atoms with Gasteiger partial charge in [0.15, 0.2) is 4.90 Å². The molecule has 0 amide bonds. The maximum absolute atomic E-state index is 14.4. The molecular formula is C12H16FN3O4S. The van der Waals surface area contributed by atoms with Crippen molar-refractivity contribution in [3.63, 3.8) is 0 Å². The quantitative estimate of drug-likeness (QED) is 0.483. The molecule has 21 heavy (non-hydrogen) atoms. The van der Waals surface area contributed by atoms with Gasteiger partial charge >= 0.3 is 0 Å². The SMILES string of the molecule is N[S+]([O-])c1ccc(NCC2(F)CCOCC2)c([N+](=O)[O-])c1. The summed E-state index contributed by atoms with van der Waals surface area (Å²) in [5.74, 6) is 0. The summed E-state index contributed by atoms with van der Waals surface area (Å²) in [6.07, 6.45) is 0.497. The monoisotopic (exact) mass is 317 g/mol. The van der Waals surface area contributed by atoms with Gasteiger partial charge in [0, 0.05) is 32.6 Å². The van der Waals surface area contributed by atoms with Crippen molar-refractivity contribution in [2.24, 2.45) is 5.14 Å². The van der Waals surface area contributed by atoms with E-state index in [1.54, 1.807) is 0 Å². The summed E-state index contributed by atoms with van der Waals surface area (Å²) in [7, 11) is 0. The smallest absolute Gasteiger partial charge is 0.297 e. The summed E-state index contributed by atoms with van der Waals surface area (Å²) in [5.41, 5.74) is -1.54. The highest BCUT2D eigenvalue weighted by atomic mass is 32.2. The lowest BCUT2D eigenvalue weighted by atomic mass is 9.96.